The quantitative estimate of drug-likeness (QED) is 0.803. The number of amides is 1. The molecule has 5 nitrogen and oxygen atoms in total. The third-order valence-electron chi connectivity index (χ3n) is 2.70. The lowest BCUT2D eigenvalue weighted by molar-refractivity contribution is -0.127. The third kappa shape index (κ3) is 3.84. The van der Waals surface area contributed by atoms with Crippen LogP contribution in [0.1, 0.15) is 25.8 Å². The molecule has 0 atom stereocenters. The maximum absolute atomic E-state index is 11.7. The molecule has 1 aromatic heterocycles. The van der Waals surface area contributed by atoms with Crippen molar-refractivity contribution in [1.29, 1.82) is 0 Å². The van der Waals surface area contributed by atoms with Gasteiger partial charge in [-0.15, -0.1) is 0 Å². The zero-order chi connectivity index (χ0) is 13.5. The Morgan fingerprint density at radius 2 is 2.17 bits per heavy atom. The molecule has 1 aromatic rings. The molecule has 0 saturated heterocycles. The van der Waals surface area contributed by atoms with Crippen LogP contribution in [0, 0.1) is 0 Å². The Balaban J connectivity index is 2.72. The summed E-state index contributed by atoms with van der Waals surface area (Å²) in [7, 11) is 1.77. The van der Waals surface area contributed by atoms with E-state index in [-0.39, 0.29) is 12.5 Å². The van der Waals surface area contributed by atoms with Gasteiger partial charge in [0.05, 0.1) is 6.54 Å². The molecule has 0 unspecified atom stereocenters. The summed E-state index contributed by atoms with van der Waals surface area (Å²) in [5.74, 6) is 0.671. The third-order valence-corrected chi connectivity index (χ3v) is 3.03. The van der Waals surface area contributed by atoms with Gasteiger partial charge in [0, 0.05) is 19.2 Å². The molecule has 1 heterocycles. The van der Waals surface area contributed by atoms with E-state index in [2.05, 4.69) is 22.2 Å². The van der Waals surface area contributed by atoms with E-state index < -0.39 is 0 Å². The molecule has 100 valence electrons. The Morgan fingerprint density at radius 1 is 1.44 bits per heavy atom. The molecule has 0 spiro atoms. The summed E-state index contributed by atoms with van der Waals surface area (Å²) in [5, 5.41) is 3.48. The molecule has 0 aromatic carbocycles. The minimum absolute atomic E-state index is 0.0229. The van der Waals surface area contributed by atoms with Crippen LogP contribution in [-0.4, -0.2) is 40.9 Å². The lowest BCUT2D eigenvalue weighted by atomic mass is 10.2. The van der Waals surface area contributed by atoms with Crippen molar-refractivity contribution in [2.75, 3.05) is 25.5 Å². The largest absolute Gasteiger partial charge is 0.361 e. The van der Waals surface area contributed by atoms with Gasteiger partial charge in [-0.2, -0.15) is 0 Å². The number of nitrogens with zero attached hydrogens (tertiary/aromatic N) is 3. The first-order chi connectivity index (χ1) is 8.60. The van der Waals surface area contributed by atoms with Crippen LogP contribution in [0.5, 0.6) is 0 Å². The predicted molar refractivity (Wildman–Crippen MR) is 72.8 cm³/mol. The number of hydrogen-bond acceptors (Lipinski definition) is 4. The number of rotatable bonds is 6. The van der Waals surface area contributed by atoms with Gasteiger partial charge in [0.25, 0.3) is 0 Å². The van der Waals surface area contributed by atoms with Gasteiger partial charge in [0.15, 0.2) is 0 Å². The average Bonchev–Trinajstić information content (AvgIpc) is 2.38. The molecule has 0 fully saturated rings. The van der Waals surface area contributed by atoms with Gasteiger partial charge in [0.2, 0.25) is 5.91 Å². The fourth-order valence-electron chi connectivity index (χ4n) is 1.49. The van der Waals surface area contributed by atoms with Crippen molar-refractivity contribution in [2.45, 2.75) is 26.7 Å². The molecule has 1 amide bonds. The fraction of sp³-hybridized carbons (Fsp3) is 0.583. The number of anilines is 1. The van der Waals surface area contributed by atoms with Crippen LogP contribution in [0.2, 0.25) is 5.15 Å². The Labute approximate surface area is 113 Å². The molecule has 0 aliphatic heterocycles. The van der Waals surface area contributed by atoms with E-state index >= 15 is 0 Å². The van der Waals surface area contributed by atoms with Gasteiger partial charge in [-0.25, -0.2) is 9.97 Å². The molecule has 0 aliphatic carbocycles. The highest BCUT2D eigenvalue weighted by Gasteiger charge is 2.11. The number of likely N-dealkylation sites (N-methyl/N-ethyl adjacent to an activating group) is 1. The summed E-state index contributed by atoms with van der Waals surface area (Å²) in [6, 6.07) is 0. The summed E-state index contributed by atoms with van der Waals surface area (Å²) in [6.45, 7) is 4.90. The minimum atomic E-state index is 0.0229. The number of carbonyl (C=O) groups excluding carboxylic acids is 1. The standard InChI is InChI=1S/C12H19ClN4O/c1-4-6-9-11(13)15-8-16-12(9)14-7-10(18)17(3)5-2/h8H,4-7H2,1-3H3,(H,14,15,16). The number of carbonyl (C=O) groups is 1. The van der Waals surface area contributed by atoms with E-state index in [4.69, 9.17) is 11.6 Å². The van der Waals surface area contributed by atoms with Crippen LogP contribution in [0.25, 0.3) is 0 Å². The van der Waals surface area contributed by atoms with Crippen LogP contribution < -0.4 is 5.32 Å². The predicted octanol–water partition coefficient (Wildman–Crippen LogP) is 1.97. The first-order valence-electron chi connectivity index (χ1n) is 6.07. The smallest absolute Gasteiger partial charge is 0.241 e. The van der Waals surface area contributed by atoms with Gasteiger partial charge in [-0.05, 0) is 13.3 Å². The minimum Gasteiger partial charge on any atom is -0.361 e. The van der Waals surface area contributed by atoms with Crippen molar-refractivity contribution in [3.05, 3.63) is 17.0 Å². The molecule has 0 saturated carbocycles. The van der Waals surface area contributed by atoms with E-state index in [0.29, 0.717) is 17.5 Å². The van der Waals surface area contributed by atoms with Crippen LogP contribution >= 0.6 is 11.6 Å². The maximum Gasteiger partial charge on any atom is 0.241 e. The Hall–Kier alpha value is -1.36. The second kappa shape index (κ2) is 7.16. The normalized spacial score (nSPS) is 10.2. The van der Waals surface area contributed by atoms with Gasteiger partial charge in [-0.3, -0.25) is 4.79 Å². The van der Waals surface area contributed by atoms with Gasteiger partial charge >= 0.3 is 0 Å². The first kappa shape index (κ1) is 14.7. The molecule has 6 heteroatoms. The number of hydrogen-bond donors (Lipinski definition) is 1. The molecule has 18 heavy (non-hydrogen) atoms. The topological polar surface area (TPSA) is 58.1 Å². The lowest BCUT2D eigenvalue weighted by Crippen LogP contribution is -2.32. The highest BCUT2D eigenvalue weighted by molar-refractivity contribution is 6.30. The van der Waals surface area contributed by atoms with Crippen LogP contribution in [-0.2, 0) is 11.2 Å². The van der Waals surface area contributed by atoms with Crippen molar-refractivity contribution < 1.29 is 4.79 Å². The Bertz CT molecular complexity index is 411. The van der Waals surface area contributed by atoms with E-state index in [9.17, 15) is 4.79 Å². The number of nitrogens with one attached hydrogen (secondary N) is 1. The van der Waals surface area contributed by atoms with E-state index in [1.54, 1.807) is 11.9 Å². The van der Waals surface area contributed by atoms with Gasteiger partial charge in [0.1, 0.15) is 17.3 Å². The maximum atomic E-state index is 11.7. The number of aromatic nitrogens is 2. The highest BCUT2D eigenvalue weighted by Crippen LogP contribution is 2.21. The Morgan fingerprint density at radius 3 is 2.78 bits per heavy atom. The van der Waals surface area contributed by atoms with E-state index in [1.165, 1.54) is 6.33 Å². The van der Waals surface area contributed by atoms with Crippen LogP contribution in [0.15, 0.2) is 6.33 Å². The summed E-state index contributed by atoms with van der Waals surface area (Å²) in [4.78, 5) is 21.4. The molecule has 0 bridgehead atoms. The lowest BCUT2D eigenvalue weighted by Gasteiger charge is -2.16. The van der Waals surface area contributed by atoms with Crippen molar-refractivity contribution in [1.82, 2.24) is 14.9 Å². The monoisotopic (exact) mass is 270 g/mol. The summed E-state index contributed by atoms with van der Waals surface area (Å²) >= 11 is 6.03. The number of halogens is 1. The van der Waals surface area contributed by atoms with Crippen LogP contribution in [0.4, 0.5) is 5.82 Å². The van der Waals surface area contributed by atoms with E-state index in [1.807, 2.05) is 6.92 Å². The SMILES string of the molecule is CCCc1c(Cl)ncnc1NCC(=O)N(C)CC. The second-order valence-electron chi connectivity index (χ2n) is 4.00. The fourth-order valence-corrected chi connectivity index (χ4v) is 1.71. The van der Waals surface area contributed by atoms with Crippen molar-refractivity contribution in [3.8, 4) is 0 Å². The van der Waals surface area contributed by atoms with Crippen molar-refractivity contribution >= 4 is 23.3 Å². The summed E-state index contributed by atoms with van der Waals surface area (Å²) < 4.78 is 0. The van der Waals surface area contributed by atoms with Crippen molar-refractivity contribution in [2.24, 2.45) is 0 Å². The molecular weight excluding hydrogens is 252 g/mol. The molecule has 1 N–H and O–H groups in total. The van der Waals surface area contributed by atoms with Gasteiger partial charge < -0.3 is 10.2 Å². The summed E-state index contributed by atoms with van der Waals surface area (Å²) in [5.41, 5.74) is 0.869. The molecule has 0 aliphatic rings. The molecule has 0 radical (unpaired) electrons. The van der Waals surface area contributed by atoms with Crippen LogP contribution in [0.3, 0.4) is 0 Å². The van der Waals surface area contributed by atoms with E-state index in [0.717, 1.165) is 18.4 Å². The Kier molecular flexibility index (Phi) is 5.85. The molecular formula is C12H19ClN4O. The summed E-state index contributed by atoms with van der Waals surface area (Å²) in [6.07, 6.45) is 3.14. The average molecular weight is 271 g/mol. The first-order valence-corrected chi connectivity index (χ1v) is 6.45. The highest BCUT2D eigenvalue weighted by atomic mass is 35.5. The van der Waals surface area contributed by atoms with Crippen molar-refractivity contribution in [3.63, 3.8) is 0 Å². The second-order valence-corrected chi connectivity index (χ2v) is 4.36. The zero-order valence-electron chi connectivity index (χ0n) is 11.0. The molecule has 1 rings (SSSR count). The van der Waals surface area contributed by atoms with Gasteiger partial charge in [-0.1, -0.05) is 24.9 Å². The zero-order valence-corrected chi connectivity index (χ0v) is 11.8.